The van der Waals surface area contributed by atoms with Gasteiger partial charge in [0.25, 0.3) is 21.6 Å². The molecule has 0 aromatic heterocycles. The minimum atomic E-state index is -4.01. The second kappa shape index (κ2) is 8.25. The van der Waals surface area contributed by atoms with E-state index >= 15 is 0 Å². The number of rotatable bonds is 5. The molecule has 0 saturated carbocycles. The number of nitro benzene ring substituents is 1. The van der Waals surface area contributed by atoms with Crippen molar-refractivity contribution in [2.75, 3.05) is 16.2 Å². The Morgan fingerprint density at radius 1 is 1.12 bits per heavy atom. The van der Waals surface area contributed by atoms with Crippen LogP contribution in [0, 0.1) is 17.0 Å². The average molecular weight is 472 g/mol. The molecule has 0 fully saturated rings. The fourth-order valence-electron chi connectivity index (χ4n) is 3.67. The number of hydrogen-bond donors (Lipinski definition) is 1. The van der Waals surface area contributed by atoms with Crippen LogP contribution in [-0.4, -0.2) is 25.8 Å². The van der Waals surface area contributed by atoms with Gasteiger partial charge in [-0.1, -0.05) is 35.9 Å². The smallest absolute Gasteiger partial charge is 0.274 e. The molecule has 10 heteroatoms. The maximum Gasteiger partial charge on any atom is 0.274 e. The number of anilines is 2. The molecule has 3 aromatic rings. The molecule has 0 atom stereocenters. The van der Waals surface area contributed by atoms with Crippen molar-refractivity contribution in [2.24, 2.45) is 0 Å². The van der Waals surface area contributed by atoms with Gasteiger partial charge in [0, 0.05) is 18.2 Å². The van der Waals surface area contributed by atoms with Gasteiger partial charge >= 0.3 is 0 Å². The molecule has 0 aliphatic carbocycles. The summed E-state index contributed by atoms with van der Waals surface area (Å²) in [5.74, 6) is -0.608. The second-order valence-electron chi connectivity index (χ2n) is 7.26. The van der Waals surface area contributed by atoms with Crippen molar-refractivity contribution in [3.63, 3.8) is 0 Å². The Bertz CT molecular complexity index is 1360. The lowest BCUT2D eigenvalue weighted by Crippen LogP contribution is -2.29. The highest BCUT2D eigenvalue weighted by atomic mass is 35.5. The van der Waals surface area contributed by atoms with Gasteiger partial charge in [-0.2, -0.15) is 0 Å². The Kier molecular flexibility index (Phi) is 5.62. The van der Waals surface area contributed by atoms with E-state index in [0.29, 0.717) is 17.7 Å². The Labute approximate surface area is 189 Å². The van der Waals surface area contributed by atoms with Crippen molar-refractivity contribution < 1.29 is 18.1 Å². The van der Waals surface area contributed by atoms with Crippen LogP contribution >= 0.6 is 11.6 Å². The molecule has 4 rings (SSSR count). The van der Waals surface area contributed by atoms with Crippen LogP contribution in [0.3, 0.4) is 0 Å². The van der Waals surface area contributed by atoms with E-state index in [4.69, 9.17) is 11.6 Å². The van der Waals surface area contributed by atoms with E-state index < -0.39 is 20.9 Å². The molecule has 1 amide bonds. The number of nitrogens with one attached hydrogen (secondary N) is 1. The zero-order valence-corrected chi connectivity index (χ0v) is 18.5. The van der Waals surface area contributed by atoms with E-state index in [1.807, 2.05) is 12.1 Å². The average Bonchev–Trinajstić information content (AvgIpc) is 3.20. The molecule has 0 saturated heterocycles. The van der Waals surface area contributed by atoms with Gasteiger partial charge in [-0.25, -0.2) is 8.42 Å². The van der Waals surface area contributed by atoms with Gasteiger partial charge in [0.1, 0.15) is 4.90 Å². The molecule has 1 N–H and O–H groups in total. The predicted octanol–water partition coefficient (Wildman–Crippen LogP) is 4.56. The number of amides is 1. The summed E-state index contributed by atoms with van der Waals surface area (Å²) in [6.45, 7) is 1.80. The number of para-hydroxylation sites is 1. The first kappa shape index (κ1) is 21.8. The Balaban J connectivity index is 1.67. The third-order valence-electron chi connectivity index (χ3n) is 5.36. The molecule has 0 bridgehead atoms. The van der Waals surface area contributed by atoms with E-state index in [1.165, 1.54) is 47.6 Å². The van der Waals surface area contributed by atoms with E-state index in [9.17, 15) is 23.3 Å². The van der Waals surface area contributed by atoms with Crippen molar-refractivity contribution in [1.82, 2.24) is 0 Å². The monoisotopic (exact) mass is 471 g/mol. The predicted molar refractivity (Wildman–Crippen MR) is 122 cm³/mol. The summed E-state index contributed by atoms with van der Waals surface area (Å²) >= 11 is 6.22. The number of carbonyl (C=O) groups excluding carboxylic acids is 1. The van der Waals surface area contributed by atoms with E-state index in [0.717, 1.165) is 5.56 Å². The first-order valence-corrected chi connectivity index (χ1v) is 11.5. The van der Waals surface area contributed by atoms with Crippen molar-refractivity contribution in [1.29, 1.82) is 0 Å². The Morgan fingerprint density at radius 3 is 2.62 bits per heavy atom. The molecule has 1 aliphatic heterocycles. The van der Waals surface area contributed by atoms with Crippen molar-refractivity contribution in [3.8, 4) is 0 Å². The van der Waals surface area contributed by atoms with E-state index in [2.05, 4.69) is 5.32 Å². The Hall–Kier alpha value is -3.43. The second-order valence-corrected chi connectivity index (χ2v) is 9.50. The van der Waals surface area contributed by atoms with Gasteiger partial charge in [0.15, 0.2) is 0 Å². The molecular weight excluding hydrogens is 454 g/mol. The summed E-state index contributed by atoms with van der Waals surface area (Å²) in [5.41, 5.74) is 1.99. The number of nitrogens with zero attached hydrogens (tertiary/aromatic N) is 2. The maximum atomic E-state index is 13.4. The summed E-state index contributed by atoms with van der Waals surface area (Å²) in [7, 11) is -4.01. The van der Waals surface area contributed by atoms with Crippen molar-refractivity contribution >= 4 is 44.6 Å². The highest BCUT2D eigenvalue weighted by Crippen LogP contribution is 2.35. The van der Waals surface area contributed by atoms with Gasteiger partial charge in [0.05, 0.1) is 26.9 Å². The summed E-state index contributed by atoms with van der Waals surface area (Å²) in [5, 5.41) is 13.8. The third-order valence-corrected chi connectivity index (χ3v) is 7.65. The van der Waals surface area contributed by atoms with Crippen LogP contribution < -0.4 is 9.62 Å². The fourth-order valence-corrected chi connectivity index (χ4v) is 5.68. The minimum Gasteiger partial charge on any atom is -0.321 e. The normalized spacial score (nSPS) is 13.0. The van der Waals surface area contributed by atoms with Crippen molar-refractivity contribution in [2.45, 2.75) is 18.2 Å². The molecule has 0 spiro atoms. The summed E-state index contributed by atoms with van der Waals surface area (Å²) < 4.78 is 28.0. The van der Waals surface area contributed by atoms with Gasteiger partial charge in [-0.15, -0.1) is 0 Å². The molecule has 1 heterocycles. The molecule has 1 aliphatic rings. The zero-order valence-electron chi connectivity index (χ0n) is 16.9. The molecular formula is C22H18ClN3O5S. The quantitative estimate of drug-likeness (QED) is 0.433. The largest absolute Gasteiger partial charge is 0.321 e. The summed E-state index contributed by atoms with van der Waals surface area (Å²) in [6.07, 6.45) is 0.583. The maximum absolute atomic E-state index is 13.4. The number of nitro groups is 1. The van der Waals surface area contributed by atoms with Crippen LogP contribution in [0.4, 0.5) is 17.1 Å². The van der Waals surface area contributed by atoms with E-state index in [1.54, 1.807) is 12.1 Å². The number of fused-ring (bicyclic) bond motifs is 1. The number of benzene rings is 3. The minimum absolute atomic E-state index is 0.00235. The van der Waals surface area contributed by atoms with E-state index in [-0.39, 0.29) is 33.4 Å². The number of halogens is 1. The van der Waals surface area contributed by atoms with Crippen LogP contribution in [0.25, 0.3) is 0 Å². The molecule has 0 radical (unpaired) electrons. The van der Waals surface area contributed by atoms with Gasteiger partial charge in [-0.05, 0) is 49.2 Å². The topological polar surface area (TPSA) is 110 Å². The molecule has 3 aromatic carbocycles. The number of carbonyl (C=O) groups is 1. The first-order valence-electron chi connectivity index (χ1n) is 9.65. The van der Waals surface area contributed by atoms with Gasteiger partial charge in [-0.3, -0.25) is 19.2 Å². The lowest BCUT2D eigenvalue weighted by atomic mass is 10.1. The SMILES string of the molecule is Cc1c(NC(=O)c2ccc(Cl)c(S(=O)(=O)N3CCc4ccccc43)c2)cccc1[N+](=O)[O-]. The Morgan fingerprint density at radius 2 is 1.88 bits per heavy atom. The van der Waals surface area contributed by atoms with Crippen LogP contribution in [0.5, 0.6) is 0 Å². The van der Waals surface area contributed by atoms with Crippen molar-refractivity contribution in [3.05, 3.63) is 92.5 Å². The third kappa shape index (κ3) is 3.80. The molecule has 8 nitrogen and oxygen atoms in total. The number of hydrogen-bond acceptors (Lipinski definition) is 5. The van der Waals surface area contributed by atoms with Gasteiger partial charge in [0.2, 0.25) is 0 Å². The summed E-state index contributed by atoms with van der Waals surface area (Å²) in [4.78, 5) is 23.3. The van der Waals surface area contributed by atoms with Crippen LogP contribution in [-0.2, 0) is 16.4 Å². The van der Waals surface area contributed by atoms with Crippen LogP contribution in [0.1, 0.15) is 21.5 Å². The highest BCUT2D eigenvalue weighted by Gasteiger charge is 2.32. The highest BCUT2D eigenvalue weighted by molar-refractivity contribution is 7.93. The first-order chi connectivity index (χ1) is 15.2. The fraction of sp³-hybridized carbons (Fsp3) is 0.136. The molecule has 0 unspecified atom stereocenters. The standard InChI is InChI=1S/C22H18ClN3O5S/c1-14-18(6-4-8-19(14)26(28)29)24-22(27)16-9-10-17(23)21(13-16)32(30,31)25-12-11-15-5-2-3-7-20(15)25/h2-10,13H,11-12H2,1H3,(H,24,27). The lowest BCUT2D eigenvalue weighted by molar-refractivity contribution is -0.385. The van der Waals surface area contributed by atoms with Crippen LogP contribution in [0.2, 0.25) is 5.02 Å². The molecule has 32 heavy (non-hydrogen) atoms. The lowest BCUT2D eigenvalue weighted by Gasteiger charge is -2.20. The zero-order chi connectivity index (χ0) is 23.0. The van der Waals surface area contributed by atoms with Gasteiger partial charge < -0.3 is 5.32 Å². The van der Waals surface area contributed by atoms with Crippen LogP contribution in [0.15, 0.2) is 65.6 Å². The number of sulfonamides is 1. The molecule has 164 valence electrons. The summed E-state index contributed by atoms with van der Waals surface area (Å²) in [6, 6.07) is 15.5.